The van der Waals surface area contributed by atoms with E-state index in [-0.39, 0.29) is 9.96 Å². The largest absolute Gasteiger partial charge is 0.506 e. The number of fused-ring (bicyclic) bond motifs is 2. The predicted molar refractivity (Wildman–Crippen MR) is 136 cm³/mol. The number of thiophene rings is 1. The monoisotopic (exact) mass is 492 g/mol. The number of nitrogens with zero attached hydrogens (tertiary/aromatic N) is 1. The zero-order valence-corrected chi connectivity index (χ0v) is 20.1. The SMILES string of the molecule is CCc1ccc(S(=O)(=O)Nc2cc(Sc3cccc4cccnc34)c(O)c3ccccc23)s1. The minimum atomic E-state index is -3.77. The number of benzene rings is 3. The van der Waals surface area contributed by atoms with Crippen LogP contribution in [0.4, 0.5) is 5.69 Å². The molecule has 2 heterocycles. The van der Waals surface area contributed by atoms with E-state index in [1.807, 2.05) is 55.5 Å². The summed E-state index contributed by atoms with van der Waals surface area (Å²) < 4.78 is 29.3. The van der Waals surface area contributed by atoms with Gasteiger partial charge in [-0.15, -0.1) is 11.3 Å². The number of aryl methyl sites for hydroxylation is 1. The lowest BCUT2D eigenvalue weighted by atomic mass is 10.1. The van der Waals surface area contributed by atoms with Crippen LogP contribution in [-0.4, -0.2) is 18.5 Å². The fourth-order valence-corrected chi connectivity index (χ4v) is 7.06. The molecule has 0 amide bonds. The van der Waals surface area contributed by atoms with Gasteiger partial charge in [0.05, 0.1) is 16.1 Å². The van der Waals surface area contributed by atoms with Crippen molar-refractivity contribution in [3.05, 3.63) is 83.9 Å². The van der Waals surface area contributed by atoms with Crippen LogP contribution >= 0.6 is 23.1 Å². The van der Waals surface area contributed by atoms with Gasteiger partial charge in [0.2, 0.25) is 0 Å². The highest BCUT2D eigenvalue weighted by Crippen LogP contribution is 2.44. The second-order valence-corrected chi connectivity index (χ2v) is 11.6. The Morgan fingerprint density at radius 3 is 2.55 bits per heavy atom. The van der Waals surface area contributed by atoms with E-state index in [2.05, 4.69) is 9.71 Å². The molecule has 3 aromatic carbocycles. The molecule has 0 spiro atoms. The average molecular weight is 493 g/mol. The van der Waals surface area contributed by atoms with Gasteiger partial charge < -0.3 is 5.11 Å². The number of hydrogen-bond acceptors (Lipinski definition) is 6. The molecule has 0 saturated carbocycles. The molecular weight excluding hydrogens is 472 g/mol. The van der Waals surface area contributed by atoms with Gasteiger partial charge in [0.25, 0.3) is 10.0 Å². The Morgan fingerprint density at radius 1 is 0.970 bits per heavy atom. The maximum absolute atomic E-state index is 13.1. The zero-order valence-electron chi connectivity index (χ0n) is 17.6. The molecule has 0 aliphatic heterocycles. The van der Waals surface area contributed by atoms with E-state index in [1.165, 1.54) is 23.1 Å². The maximum Gasteiger partial charge on any atom is 0.271 e. The number of aromatic nitrogens is 1. The van der Waals surface area contributed by atoms with Crippen molar-refractivity contribution in [2.75, 3.05) is 4.72 Å². The fourth-order valence-electron chi connectivity index (χ4n) is 3.66. The highest BCUT2D eigenvalue weighted by Gasteiger charge is 2.21. The Balaban J connectivity index is 1.62. The summed E-state index contributed by atoms with van der Waals surface area (Å²) >= 11 is 2.62. The summed E-state index contributed by atoms with van der Waals surface area (Å²) in [5, 5.41) is 13.2. The van der Waals surface area contributed by atoms with Gasteiger partial charge in [-0.1, -0.05) is 61.2 Å². The van der Waals surface area contributed by atoms with Crippen LogP contribution in [0.5, 0.6) is 5.75 Å². The van der Waals surface area contributed by atoms with Gasteiger partial charge in [-0.05, 0) is 36.8 Å². The minimum Gasteiger partial charge on any atom is -0.506 e. The molecule has 0 radical (unpaired) electrons. The van der Waals surface area contributed by atoms with E-state index in [0.29, 0.717) is 21.4 Å². The number of nitrogens with one attached hydrogen (secondary N) is 1. The molecule has 5 rings (SSSR count). The van der Waals surface area contributed by atoms with E-state index in [1.54, 1.807) is 30.5 Å². The summed E-state index contributed by atoms with van der Waals surface area (Å²) in [7, 11) is -3.77. The van der Waals surface area contributed by atoms with Gasteiger partial charge in [0.15, 0.2) is 0 Å². The quantitative estimate of drug-likeness (QED) is 0.259. The molecule has 0 fully saturated rings. The lowest BCUT2D eigenvalue weighted by Crippen LogP contribution is -2.12. The van der Waals surface area contributed by atoms with Gasteiger partial charge in [-0.2, -0.15) is 0 Å². The number of phenols is 1. The van der Waals surface area contributed by atoms with Gasteiger partial charge in [0, 0.05) is 32.1 Å². The number of para-hydroxylation sites is 1. The predicted octanol–water partition coefficient (Wildman–Crippen LogP) is 6.67. The molecule has 2 N–H and O–H groups in total. The van der Waals surface area contributed by atoms with E-state index in [4.69, 9.17) is 0 Å². The van der Waals surface area contributed by atoms with Crippen molar-refractivity contribution < 1.29 is 13.5 Å². The smallest absolute Gasteiger partial charge is 0.271 e. The summed E-state index contributed by atoms with van der Waals surface area (Å²) in [5.41, 5.74) is 1.25. The summed E-state index contributed by atoms with van der Waals surface area (Å²) in [6.45, 7) is 1.99. The Hall–Kier alpha value is -3.07. The lowest BCUT2D eigenvalue weighted by molar-refractivity contribution is 0.469. The molecule has 0 atom stereocenters. The van der Waals surface area contributed by atoms with Crippen molar-refractivity contribution in [3.8, 4) is 5.75 Å². The van der Waals surface area contributed by atoms with Crippen LogP contribution in [0.1, 0.15) is 11.8 Å². The molecule has 5 aromatic rings. The second kappa shape index (κ2) is 8.70. The van der Waals surface area contributed by atoms with Crippen molar-refractivity contribution in [2.24, 2.45) is 0 Å². The summed E-state index contributed by atoms with van der Waals surface area (Å²) in [4.78, 5) is 6.91. The number of hydrogen-bond donors (Lipinski definition) is 2. The van der Waals surface area contributed by atoms with Crippen LogP contribution in [0.2, 0.25) is 0 Å². The van der Waals surface area contributed by atoms with Gasteiger partial charge in [-0.25, -0.2) is 8.42 Å². The third-order valence-corrected chi connectivity index (χ3v) is 9.46. The average Bonchev–Trinajstić information content (AvgIpc) is 3.33. The normalized spacial score (nSPS) is 11.8. The van der Waals surface area contributed by atoms with Crippen molar-refractivity contribution >= 4 is 60.5 Å². The van der Waals surface area contributed by atoms with E-state index in [0.717, 1.165) is 27.1 Å². The Bertz CT molecular complexity index is 1590. The van der Waals surface area contributed by atoms with Crippen molar-refractivity contribution in [2.45, 2.75) is 27.3 Å². The third kappa shape index (κ3) is 4.17. The molecule has 0 aliphatic rings. The van der Waals surface area contributed by atoms with Crippen LogP contribution in [0.15, 0.2) is 93.0 Å². The van der Waals surface area contributed by atoms with Crippen LogP contribution in [0, 0.1) is 0 Å². The first-order chi connectivity index (χ1) is 16.0. The lowest BCUT2D eigenvalue weighted by Gasteiger charge is -2.15. The van der Waals surface area contributed by atoms with Crippen molar-refractivity contribution in [1.82, 2.24) is 4.98 Å². The minimum absolute atomic E-state index is 0.107. The molecule has 0 aliphatic carbocycles. The molecule has 0 unspecified atom stereocenters. The maximum atomic E-state index is 13.1. The highest BCUT2D eigenvalue weighted by molar-refractivity contribution is 7.99. The summed E-state index contributed by atoms with van der Waals surface area (Å²) in [6.07, 6.45) is 2.51. The van der Waals surface area contributed by atoms with Crippen LogP contribution < -0.4 is 4.72 Å². The van der Waals surface area contributed by atoms with Crippen LogP contribution in [-0.2, 0) is 16.4 Å². The third-order valence-electron chi connectivity index (χ3n) is 5.29. The summed E-state index contributed by atoms with van der Waals surface area (Å²) in [5.74, 6) is 0.107. The van der Waals surface area contributed by atoms with Crippen molar-refractivity contribution in [1.29, 1.82) is 0 Å². The van der Waals surface area contributed by atoms with E-state index in [9.17, 15) is 13.5 Å². The zero-order chi connectivity index (χ0) is 23.0. The molecule has 0 bridgehead atoms. The molecule has 8 heteroatoms. The highest BCUT2D eigenvalue weighted by atomic mass is 32.2. The van der Waals surface area contributed by atoms with Gasteiger partial charge in [-0.3, -0.25) is 9.71 Å². The van der Waals surface area contributed by atoms with Gasteiger partial charge in [0.1, 0.15) is 9.96 Å². The standard InChI is InChI=1S/C25H20N2O3S3/c1-2-17-12-13-23(31-17)33(29,30)27-20-15-22(25(28)19-10-4-3-9-18(19)20)32-21-11-5-7-16-8-6-14-26-24(16)21/h3-15,27-28H,2H2,1H3. The number of aromatic hydroxyl groups is 1. The molecule has 166 valence electrons. The molecule has 33 heavy (non-hydrogen) atoms. The van der Waals surface area contributed by atoms with E-state index >= 15 is 0 Å². The number of sulfonamides is 1. The van der Waals surface area contributed by atoms with Crippen LogP contribution in [0.25, 0.3) is 21.7 Å². The Kier molecular flexibility index (Phi) is 5.74. The molecule has 0 saturated heterocycles. The van der Waals surface area contributed by atoms with E-state index < -0.39 is 10.0 Å². The summed E-state index contributed by atoms with van der Waals surface area (Å²) in [6, 6.07) is 22.1. The Morgan fingerprint density at radius 2 is 1.76 bits per heavy atom. The molecule has 2 aromatic heterocycles. The molecular formula is C25H20N2O3S3. The van der Waals surface area contributed by atoms with Crippen molar-refractivity contribution in [3.63, 3.8) is 0 Å². The topological polar surface area (TPSA) is 79.3 Å². The first-order valence-corrected chi connectivity index (χ1v) is 13.5. The number of pyridine rings is 1. The fraction of sp³-hybridized carbons (Fsp3) is 0.0800. The first kappa shape index (κ1) is 21.8. The number of phenolic OH excluding ortho intramolecular Hbond substituents is 1. The second-order valence-electron chi connectivity index (χ2n) is 7.43. The van der Waals surface area contributed by atoms with Crippen LogP contribution in [0.3, 0.4) is 0 Å². The van der Waals surface area contributed by atoms with Gasteiger partial charge >= 0.3 is 0 Å². The first-order valence-electron chi connectivity index (χ1n) is 10.3. The molecule has 5 nitrogen and oxygen atoms in total. The number of anilines is 1. The Labute approximate surface area is 200 Å². The number of rotatable bonds is 6.